The highest BCUT2D eigenvalue weighted by Crippen LogP contribution is 2.29. The van der Waals surface area contributed by atoms with Crippen molar-refractivity contribution in [1.82, 2.24) is 15.2 Å². The number of carbonyl (C=O) groups is 2. The summed E-state index contributed by atoms with van der Waals surface area (Å²) in [6, 6.07) is 4.59. The lowest BCUT2D eigenvalue weighted by Crippen LogP contribution is -2.31. The maximum Gasteiger partial charge on any atom is 0.416 e. The predicted molar refractivity (Wildman–Crippen MR) is 104 cm³/mol. The van der Waals surface area contributed by atoms with Crippen LogP contribution in [0.5, 0.6) is 0 Å². The minimum absolute atomic E-state index is 0.137. The summed E-state index contributed by atoms with van der Waals surface area (Å²) >= 11 is 1.04. The van der Waals surface area contributed by atoms with Crippen molar-refractivity contribution in [2.75, 3.05) is 25.5 Å². The van der Waals surface area contributed by atoms with Crippen LogP contribution in [0.3, 0.4) is 0 Å². The van der Waals surface area contributed by atoms with E-state index in [1.54, 1.807) is 0 Å². The van der Waals surface area contributed by atoms with Gasteiger partial charge in [0.15, 0.2) is 5.13 Å². The second-order valence-corrected chi connectivity index (χ2v) is 7.75. The van der Waals surface area contributed by atoms with Gasteiger partial charge >= 0.3 is 6.18 Å². The summed E-state index contributed by atoms with van der Waals surface area (Å²) in [6.45, 7) is 1.59. The fourth-order valence-electron chi connectivity index (χ4n) is 3.23. The minimum atomic E-state index is -4.53. The molecule has 1 aliphatic heterocycles. The Bertz CT molecular complexity index is 884. The summed E-state index contributed by atoms with van der Waals surface area (Å²) in [5.41, 5.74) is -0.881. The van der Waals surface area contributed by atoms with Crippen LogP contribution in [-0.4, -0.2) is 47.9 Å². The molecule has 1 aliphatic rings. The second-order valence-electron chi connectivity index (χ2n) is 6.89. The van der Waals surface area contributed by atoms with E-state index in [4.69, 9.17) is 0 Å². The van der Waals surface area contributed by atoms with Crippen molar-refractivity contribution in [2.45, 2.75) is 31.5 Å². The molecule has 3 rings (SSSR count). The first-order valence-corrected chi connectivity index (χ1v) is 10.0. The Hall–Kier alpha value is -2.46. The molecule has 29 heavy (non-hydrogen) atoms. The fraction of sp³-hybridized carbons (Fsp3) is 0.421. The van der Waals surface area contributed by atoms with Crippen molar-refractivity contribution >= 4 is 28.3 Å². The van der Waals surface area contributed by atoms with Gasteiger partial charge in [-0.1, -0.05) is 6.07 Å². The van der Waals surface area contributed by atoms with Crippen LogP contribution < -0.4 is 10.6 Å². The number of nitrogens with one attached hydrogen (secondary N) is 2. The summed E-state index contributed by atoms with van der Waals surface area (Å²) in [4.78, 5) is 30.7. The van der Waals surface area contributed by atoms with E-state index in [0.29, 0.717) is 12.6 Å². The molecule has 0 radical (unpaired) electrons. The molecule has 2 amide bonds. The van der Waals surface area contributed by atoms with E-state index in [2.05, 4.69) is 27.6 Å². The van der Waals surface area contributed by atoms with Crippen LogP contribution >= 0.6 is 11.3 Å². The molecule has 2 N–H and O–H groups in total. The quantitative estimate of drug-likeness (QED) is 0.740. The van der Waals surface area contributed by atoms with Gasteiger partial charge in [0.25, 0.3) is 11.8 Å². The lowest BCUT2D eigenvalue weighted by Gasteiger charge is -2.19. The normalized spacial score (nSPS) is 17.3. The zero-order chi connectivity index (χ0) is 21.0. The average molecular weight is 426 g/mol. The molecule has 1 atom stereocenters. The first-order chi connectivity index (χ1) is 13.7. The first kappa shape index (κ1) is 21.3. The molecular weight excluding hydrogens is 405 g/mol. The highest BCUT2D eigenvalue weighted by Gasteiger charge is 2.31. The number of aromatic nitrogens is 1. The van der Waals surface area contributed by atoms with Crippen LogP contribution in [0, 0.1) is 0 Å². The predicted octanol–water partition coefficient (Wildman–Crippen LogP) is 3.63. The van der Waals surface area contributed by atoms with E-state index in [1.165, 1.54) is 17.5 Å². The minimum Gasteiger partial charge on any atom is -0.351 e. The highest BCUT2D eigenvalue weighted by molar-refractivity contribution is 7.14. The summed E-state index contributed by atoms with van der Waals surface area (Å²) in [7, 11) is 2.07. The van der Waals surface area contributed by atoms with E-state index in [-0.39, 0.29) is 22.3 Å². The smallest absolute Gasteiger partial charge is 0.351 e. The molecule has 156 valence electrons. The van der Waals surface area contributed by atoms with E-state index in [9.17, 15) is 22.8 Å². The third-order valence-corrected chi connectivity index (χ3v) is 5.60. The molecule has 1 aromatic carbocycles. The zero-order valence-electron chi connectivity index (χ0n) is 15.8. The van der Waals surface area contributed by atoms with Crippen molar-refractivity contribution in [3.63, 3.8) is 0 Å². The number of nitrogens with zero attached hydrogens (tertiary/aromatic N) is 2. The summed E-state index contributed by atoms with van der Waals surface area (Å²) in [5, 5.41) is 6.89. The second kappa shape index (κ2) is 8.91. The fourth-order valence-corrected chi connectivity index (χ4v) is 3.91. The number of rotatable bonds is 6. The molecule has 6 nitrogen and oxygen atoms in total. The maximum absolute atomic E-state index is 12.8. The molecule has 0 bridgehead atoms. The van der Waals surface area contributed by atoms with Gasteiger partial charge in [0.1, 0.15) is 5.69 Å². The number of anilines is 1. The molecule has 0 unspecified atom stereocenters. The number of halogens is 3. The summed E-state index contributed by atoms with van der Waals surface area (Å²) < 4.78 is 38.3. The van der Waals surface area contributed by atoms with Crippen molar-refractivity contribution in [3.8, 4) is 0 Å². The molecule has 2 heterocycles. The Morgan fingerprint density at radius 1 is 1.31 bits per heavy atom. The molecule has 2 aromatic rings. The van der Waals surface area contributed by atoms with E-state index in [0.717, 1.165) is 49.3 Å². The molecular formula is C19H21F3N4O2S. The highest BCUT2D eigenvalue weighted by atomic mass is 32.1. The molecule has 1 fully saturated rings. The number of hydrogen-bond acceptors (Lipinski definition) is 5. The van der Waals surface area contributed by atoms with Crippen molar-refractivity contribution in [1.29, 1.82) is 0 Å². The molecule has 0 spiro atoms. The Kier molecular flexibility index (Phi) is 6.53. The van der Waals surface area contributed by atoms with Crippen LogP contribution in [0.2, 0.25) is 0 Å². The van der Waals surface area contributed by atoms with Gasteiger partial charge in [0, 0.05) is 23.5 Å². The van der Waals surface area contributed by atoms with E-state index in [1.807, 2.05) is 0 Å². The monoisotopic (exact) mass is 426 g/mol. The molecule has 1 saturated heterocycles. The Morgan fingerprint density at radius 3 is 2.79 bits per heavy atom. The van der Waals surface area contributed by atoms with Gasteiger partial charge in [0.2, 0.25) is 0 Å². The number of benzene rings is 1. The van der Waals surface area contributed by atoms with Crippen LogP contribution in [0.4, 0.5) is 18.3 Å². The number of carbonyl (C=O) groups excluding carboxylic acids is 2. The summed E-state index contributed by atoms with van der Waals surface area (Å²) in [5.74, 6) is -1.07. The number of thiazole rings is 1. The SMILES string of the molecule is CN1CCC[C@@H]1CCNC(=O)c1csc(NC(=O)c2cccc(C(F)(F)F)c2)n1. The van der Waals surface area contributed by atoms with Gasteiger partial charge in [-0.15, -0.1) is 11.3 Å². The third-order valence-electron chi connectivity index (χ3n) is 4.84. The average Bonchev–Trinajstić information content (AvgIpc) is 3.30. The Balaban J connectivity index is 1.54. The van der Waals surface area contributed by atoms with Crippen LogP contribution in [0.1, 0.15) is 45.7 Å². The first-order valence-electron chi connectivity index (χ1n) is 9.16. The Morgan fingerprint density at radius 2 is 2.10 bits per heavy atom. The van der Waals surface area contributed by atoms with Crippen LogP contribution in [-0.2, 0) is 6.18 Å². The number of likely N-dealkylation sites (tertiary alicyclic amines) is 1. The van der Waals surface area contributed by atoms with Crippen LogP contribution in [0.25, 0.3) is 0 Å². The van der Waals surface area contributed by atoms with Crippen LogP contribution in [0.15, 0.2) is 29.6 Å². The number of alkyl halides is 3. The zero-order valence-corrected chi connectivity index (χ0v) is 16.6. The van der Waals surface area contributed by atoms with E-state index < -0.39 is 17.6 Å². The lowest BCUT2D eigenvalue weighted by atomic mass is 10.1. The van der Waals surface area contributed by atoms with Gasteiger partial charge in [-0.05, 0) is 51.1 Å². The maximum atomic E-state index is 12.8. The molecule has 0 saturated carbocycles. The summed E-state index contributed by atoms with van der Waals surface area (Å²) in [6.07, 6.45) is -1.40. The largest absolute Gasteiger partial charge is 0.416 e. The van der Waals surface area contributed by atoms with Gasteiger partial charge < -0.3 is 10.2 Å². The molecule has 0 aliphatic carbocycles. The Labute approximate surface area is 170 Å². The van der Waals surface area contributed by atoms with Gasteiger partial charge in [0.05, 0.1) is 5.56 Å². The topological polar surface area (TPSA) is 74.3 Å². The standard InChI is InChI=1S/C19H21F3N4O2S/c1-26-9-3-6-14(26)7-8-23-17(28)15-11-29-18(24-15)25-16(27)12-4-2-5-13(10-12)19(20,21)22/h2,4-5,10-11,14H,3,6-9H2,1H3,(H,23,28)(H,24,25,27)/t14-/m1/s1. The van der Waals surface area contributed by atoms with Crippen molar-refractivity contribution < 1.29 is 22.8 Å². The molecule has 10 heteroatoms. The van der Waals surface area contributed by atoms with Gasteiger partial charge in [-0.3, -0.25) is 14.9 Å². The molecule has 1 aromatic heterocycles. The van der Waals surface area contributed by atoms with Gasteiger partial charge in [-0.25, -0.2) is 4.98 Å². The van der Waals surface area contributed by atoms with Crippen molar-refractivity contribution in [3.05, 3.63) is 46.5 Å². The third kappa shape index (κ3) is 5.54. The van der Waals surface area contributed by atoms with E-state index >= 15 is 0 Å². The lowest BCUT2D eigenvalue weighted by molar-refractivity contribution is -0.137. The number of hydrogen-bond donors (Lipinski definition) is 2. The number of amides is 2. The van der Waals surface area contributed by atoms with Crippen molar-refractivity contribution in [2.24, 2.45) is 0 Å². The van der Waals surface area contributed by atoms with Gasteiger partial charge in [-0.2, -0.15) is 13.2 Å².